The van der Waals surface area contributed by atoms with Gasteiger partial charge >= 0.3 is 0 Å². The second kappa shape index (κ2) is 3.87. The van der Waals surface area contributed by atoms with Crippen molar-refractivity contribution in [2.45, 2.75) is 25.4 Å². The molecule has 1 aromatic carbocycles. The number of aromatic nitrogens is 2. The van der Waals surface area contributed by atoms with Crippen LogP contribution in [0.4, 0.5) is 8.78 Å². The number of aliphatic hydroxyl groups is 1. The normalized spacial score (nSPS) is 20.6. The standard InChI is InChI=1S/C14H14F2N2O/c1-8-6-11(18(2)17-8)10-5-3-4-9-7-14(15,16)13(19)12(9)10/h3-6,13,19H,7H2,1-2H3. The lowest BCUT2D eigenvalue weighted by molar-refractivity contribution is -0.0966. The smallest absolute Gasteiger partial charge is 0.281 e. The number of alkyl halides is 2. The zero-order chi connectivity index (χ0) is 13.8. The van der Waals surface area contributed by atoms with E-state index in [0.717, 1.165) is 11.4 Å². The molecular formula is C14H14F2N2O. The first-order valence-corrected chi connectivity index (χ1v) is 6.09. The van der Waals surface area contributed by atoms with Crippen LogP contribution in [0.25, 0.3) is 11.3 Å². The highest BCUT2D eigenvalue weighted by Gasteiger charge is 2.47. The Labute approximate surface area is 109 Å². The van der Waals surface area contributed by atoms with Crippen molar-refractivity contribution in [2.24, 2.45) is 7.05 Å². The molecule has 0 saturated carbocycles. The predicted octanol–water partition coefficient (Wildman–Crippen LogP) is 2.62. The molecule has 0 saturated heterocycles. The van der Waals surface area contributed by atoms with Gasteiger partial charge in [-0.2, -0.15) is 5.10 Å². The molecule has 0 bridgehead atoms. The molecule has 1 heterocycles. The number of hydrogen-bond donors (Lipinski definition) is 1. The van der Waals surface area contributed by atoms with Gasteiger partial charge in [0.05, 0.1) is 11.4 Å². The number of aryl methyl sites for hydroxylation is 2. The van der Waals surface area contributed by atoms with E-state index in [1.165, 1.54) is 0 Å². The Hall–Kier alpha value is -1.75. The highest BCUT2D eigenvalue weighted by atomic mass is 19.3. The second-order valence-electron chi connectivity index (χ2n) is 5.01. The molecule has 3 rings (SSSR count). The van der Waals surface area contributed by atoms with Crippen molar-refractivity contribution in [3.05, 3.63) is 41.1 Å². The van der Waals surface area contributed by atoms with Crippen LogP contribution in [0.3, 0.4) is 0 Å². The van der Waals surface area contributed by atoms with Gasteiger partial charge in [-0.3, -0.25) is 4.68 Å². The molecule has 1 unspecified atom stereocenters. The van der Waals surface area contributed by atoms with Crippen LogP contribution in [0.15, 0.2) is 24.3 Å². The lowest BCUT2D eigenvalue weighted by Gasteiger charge is -2.15. The predicted molar refractivity (Wildman–Crippen MR) is 67.0 cm³/mol. The molecule has 2 aromatic rings. The molecule has 3 nitrogen and oxygen atoms in total. The third-order valence-corrected chi connectivity index (χ3v) is 3.57. The molecule has 19 heavy (non-hydrogen) atoms. The van der Waals surface area contributed by atoms with Gasteiger partial charge in [-0.05, 0) is 24.1 Å². The van der Waals surface area contributed by atoms with E-state index in [2.05, 4.69) is 5.10 Å². The highest BCUT2D eigenvalue weighted by Crippen LogP contribution is 2.46. The van der Waals surface area contributed by atoms with Gasteiger partial charge in [0.15, 0.2) is 0 Å². The van der Waals surface area contributed by atoms with E-state index in [-0.39, 0.29) is 0 Å². The molecule has 1 aliphatic carbocycles. The summed E-state index contributed by atoms with van der Waals surface area (Å²) in [6.45, 7) is 1.84. The summed E-state index contributed by atoms with van der Waals surface area (Å²) in [7, 11) is 1.77. The highest BCUT2D eigenvalue weighted by molar-refractivity contribution is 5.68. The number of benzene rings is 1. The van der Waals surface area contributed by atoms with E-state index in [0.29, 0.717) is 16.7 Å². The van der Waals surface area contributed by atoms with E-state index in [4.69, 9.17) is 0 Å². The fraction of sp³-hybridized carbons (Fsp3) is 0.357. The second-order valence-corrected chi connectivity index (χ2v) is 5.01. The fourth-order valence-electron chi connectivity index (χ4n) is 2.74. The molecule has 0 amide bonds. The summed E-state index contributed by atoms with van der Waals surface area (Å²) in [6.07, 6.45) is -2.15. The van der Waals surface area contributed by atoms with Crippen molar-refractivity contribution >= 4 is 0 Å². The van der Waals surface area contributed by atoms with Gasteiger partial charge < -0.3 is 5.11 Å². The van der Waals surface area contributed by atoms with E-state index in [9.17, 15) is 13.9 Å². The minimum absolute atomic E-state index is 0.329. The molecule has 0 fully saturated rings. The van der Waals surface area contributed by atoms with Gasteiger partial charge in [-0.15, -0.1) is 0 Å². The zero-order valence-electron chi connectivity index (χ0n) is 10.7. The van der Waals surface area contributed by atoms with Gasteiger partial charge in [0.1, 0.15) is 6.10 Å². The monoisotopic (exact) mass is 264 g/mol. The van der Waals surface area contributed by atoms with Crippen LogP contribution in [0.5, 0.6) is 0 Å². The van der Waals surface area contributed by atoms with Crippen LogP contribution in [-0.4, -0.2) is 20.8 Å². The third kappa shape index (κ3) is 1.76. The van der Waals surface area contributed by atoms with Crippen molar-refractivity contribution in [3.63, 3.8) is 0 Å². The molecule has 100 valence electrons. The average Bonchev–Trinajstić information content (AvgIpc) is 2.77. The van der Waals surface area contributed by atoms with E-state index in [1.807, 2.05) is 13.0 Å². The molecule has 0 radical (unpaired) electrons. The number of aliphatic hydroxyl groups excluding tert-OH is 1. The molecule has 0 aliphatic heterocycles. The Morgan fingerprint density at radius 2 is 2.16 bits per heavy atom. The topological polar surface area (TPSA) is 38.0 Å². The van der Waals surface area contributed by atoms with Crippen LogP contribution >= 0.6 is 0 Å². The molecule has 1 aliphatic rings. The van der Waals surface area contributed by atoms with Crippen LogP contribution in [0.1, 0.15) is 22.9 Å². The lowest BCUT2D eigenvalue weighted by Crippen LogP contribution is -2.21. The van der Waals surface area contributed by atoms with Crippen LogP contribution < -0.4 is 0 Å². The van der Waals surface area contributed by atoms with Gasteiger partial charge in [0.25, 0.3) is 5.92 Å². The first kappa shape index (κ1) is 12.3. The van der Waals surface area contributed by atoms with Gasteiger partial charge in [0.2, 0.25) is 0 Å². The molecule has 1 atom stereocenters. The summed E-state index contributed by atoms with van der Waals surface area (Å²) in [4.78, 5) is 0. The Kier molecular flexibility index (Phi) is 2.50. The quantitative estimate of drug-likeness (QED) is 0.859. The van der Waals surface area contributed by atoms with Gasteiger partial charge in [-0.1, -0.05) is 18.2 Å². The molecule has 0 spiro atoms. The summed E-state index contributed by atoms with van der Waals surface area (Å²) in [5.74, 6) is -3.09. The molecule has 5 heteroatoms. The van der Waals surface area contributed by atoms with Crippen molar-refractivity contribution in [2.75, 3.05) is 0 Å². The van der Waals surface area contributed by atoms with Crippen molar-refractivity contribution in [1.29, 1.82) is 0 Å². The minimum Gasteiger partial charge on any atom is -0.382 e. The fourth-order valence-corrected chi connectivity index (χ4v) is 2.74. The Bertz CT molecular complexity index is 649. The Morgan fingerprint density at radius 3 is 2.79 bits per heavy atom. The first-order chi connectivity index (χ1) is 8.90. The average molecular weight is 264 g/mol. The van der Waals surface area contributed by atoms with Crippen LogP contribution in [0.2, 0.25) is 0 Å². The first-order valence-electron chi connectivity index (χ1n) is 6.09. The zero-order valence-corrected chi connectivity index (χ0v) is 10.7. The summed E-state index contributed by atoms with van der Waals surface area (Å²) in [5, 5.41) is 14.1. The van der Waals surface area contributed by atoms with Crippen molar-refractivity contribution < 1.29 is 13.9 Å². The summed E-state index contributed by atoms with van der Waals surface area (Å²) < 4.78 is 29.0. The summed E-state index contributed by atoms with van der Waals surface area (Å²) >= 11 is 0. The number of nitrogens with zero attached hydrogens (tertiary/aromatic N) is 2. The number of rotatable bonds is 1. The van der Waals surface area contributed by atoms with Crippen LogP contribution in [-0.2, 0) is 13.5 Å². The largest absolute Gasteiger partial charge is 0.382 e. The third-order valence-electron chi connectivity index (χ3n) is 3.57. The molecular weight excluding hydrogens is 250 g/mol. The van der Waals surface area contributed by atoms with E-state index >= 15 is 0 Å². The van der Waals surface area contributed by atoms with E-state index < -0.39 is 18.4 Å². The summed E-state index contributed by atoms with van der Waals surface area (Å²) in [6, 6.07) is 6.97. The van der Waals surface area contributed by atoms with Crippen molar-refractivity contribution in [3.8, 4) is 11.3 Å². The Balaban J connectivity index is 2.22. The number of halogens is 2. The van der Waals surface area contributed by atoms with Crippen LogP contribution in [0, 0.1) is 6.92 Å². The maximum Gasteiger partial charge on any atom is 0.281 e. The van der Waals surface area contributed by atoms with Gasteiger partial charge in [-0.25, -0.2) is 8.78 Å². The SMILES string of the molecule is Cc1cc(-c2cccc3c2C(O)C(F)(F)C3)n(C)n1. The Morgan fingerprint density at radius 1 is 1.42 bits per heavy atom. The van der Waals surface area contributed by atoms with E-state index in [1.54, 1.807) is 29.9 Å². The lowest BCUT2D eigenvalue weighted by atomic mass is 9.99. The molecule has 1 N–H and O–H groups in total. The maximum atomic E-state index is 13.7. The van der Waals surface area contributed by atoms with Crippen molar-refractivity contribution in [1.82, 2.24) is 9.78 Å². The number of fused-ring (bicyclic) bond motifs is 1. The maximum absolute atomic E-state index is 13.7. The van der Waals surface area contributed by atoms with Gasteiger partial charge in [0, 0.05) is 19.0 Å². The number of hydrogen-bond acceptors (Lipinski definition) is 2. The minimum atomic E-state index is -3.09. The molecule has 1 aromatic heterocycles. The summed E-state index contributed by atoms with van der Waals surface area (Å²) in [5.41, 5.74) is 3.02.